The number of hydrogen-bond acceptors (Lipinski definition) is 3. The molecule has 0 saturated carbocycles. The highest BCUT2D eigenvalue weighted by atomic mass is 32.1. The third kappa shape index (κ3) is 2.95. The molecule has 102 valence electrons. The Hall–Kier alpha value is -1.25. The van der Waals surface area contributed by atoms with Gasteiger partial charge in [0.25, 0.3) is 0 Å². The summed E-state index contributed by atoms with van der Waals surface area (Å²) in [6.45, 7) is 3.54. The van der Waals surface area contributed by atoms with Gasteiger partial charge in [0, 0.05) is 5.38 Å². The molecule has 0 fully saturated rings. The first-order valence-corrected chi connectivity index (χ1v) is 5.65. The standard InChI is InChI=1S/C9H9F5N2OS/c1-4(2)5-3-18-7(15-5)16-6(17)8(10,11)9(12,13)14/h3-4H,1-2H3,(H,15,16,17). The summed E-state index contributed by atoms with van der Waals surface area (Å²) in [4.78, 5) is 14.6. The molecule has 1 aromatic heterocycles. The zero-order valence-corrected chi connectivity index (χ0v) is 10.1. The number of alkyl halides is 5. The lowest BCUT2D eigenvalue weighted by Gasteiger charge is -2.17. The molecule has 0 spiro atoms. The number of carbonyl (C=O) groups is 1. The number of anilines is 1. The summed E-state index contributed by atoms with van der Waals surface area (Å²) < 4.78 is 60.9. The molecular formula is C9H9F5N2OS. The Bertz CT molecular complexity index is 440. The maximum atomic E-state index is 12.6. The molecule has 3 nitrogen and oxygen atoms in total. The number of thiazole rings is 1. The highest BCUT2D eigenvalue weighted by Crippen LogP contribution is 2.36. The van der Waals surface area contributed by atoms with Crippen LogP contribution in [-0.4, -0.2) is 23.0 Å². The largest absolute Gasteiger partial charge is 0.463 e. The van der Waals surface area contributed by atoms with Crippen molar-refractivity contribution in [1.29, 1.82) is 0 Å². The van der Waals surface area contributed by atoms with E-state index in [0.717, 1.165) is 11.3 Å². The lowest BCUT2D eigenvalue weighted by Crippen LogP contribution is -2.47. The zero-order valence-electron chi connectivity index (χ0n) is 9.31. The average Bonchev–Trinajstić information content (AvgIpc) is 2.64. The third-order valence-electron chi connectivity index (χ3n) is 1.98. The molecule has 18 heavy (non-hydrogen) atoms. The molecule has 0 unspecified atom stereocenters. The summed E-state index contributed by atoms with van der Waals surface area (Å²) in [5.74, 6) is -7.88. The van der Waals surface area contributed by atoms with Gasteiger partial charge >= 0.3 is 18.0 Å². The van der Waals surface area contributed by atoms with Gasteiger partial charge in [-0.25, -0.2) is 4.98 Å². The third-order valence-corrected chi connectivity index (χ3v) is 2.75. The van der Waals surface area contributed by atoms with Crippen LogP contribution in [0.5, 0.6) is 0 Å². The van der Waals surface area contributed by atoms with E-state index < -0.39 is 18.0 Å². The van der Waals surface area contributed by atoms with Gasteiger partial charge in [-0.1, -0.05) is 13.8 Å². The van der Waals surface area contributed by atoms with Gasteiger partial charge in [0.1, 0.15) is 0 Å². The van der Waals surface area contributed by atoms with E-state index in [9.17, 15) is 26.7 Å². The summed E-state index contributed by atoms with van der Waals surface area (Å²) in [7, 11) is 0. The minimum atomic E-state index is -5.92. The van der Waals surface area contributed by atoms with Crippen molar-refractivity contribution in [2.75, 3.05) is 5.32 Å². The van der Waals surface area contributed by atoms with E-state index in [1.807, 2.05) is 0 Å². The first kappa shape index (κ1) is 14.8. The van der Waals surface area contributed by atoms with Crippen LogP contribution in [0.2, 0.25) is 0 Å². The molecule has 1 rings (SSSR count). The van der Waals surface area contributed by atoms with Crippen LogP contribution >= 0.6 is 11.3 Å². The van der Waals surface area contributed by atoms with Crippen molar-refractivity contribution in [3.05, 3.63) is 11.1 Å². The summed E-state index contributed by atoms with van der Waals surface area (Å²) in [6.07, 6.45) is -5.92. The van der Waals surface area contributed by atoms with Gasteiger partial charge in [-0.2, -0.15) is 22.0 Å². The van der Waals surface area contributed by atoms with Crippen LogP contribution < -0.4 is 5.32 Å². The van der Waals surface area contributed by atoms with E-state index in [0.29, 0.717) is 5.69 Å². The maximum Gasteiger partial charge on any atom is 0.463 e. The van der Waals surface area contributed by atoms with E-state index in [4.69, 9.17) is 0 Å². The normalized spacial score (nSPS) is 12.9. The highest BCUT2D eigenvalue weighted by Gasteiger charge is 2.63. The molecule has 1 aromatic rings. The second-order valence-electron chi connectivity index (χ2n) is 3.76. The van der Waals surface area contributed by atoms with Gasteiger partial charge in [0.2, 0.25) is 0 Å². The fraction of sp³-hybridized carbons (Fsp3) is 0.556. The van der Waals surface area contributed by atoms with Crippen molar-refractivity contribution in [2.24, 2.45) is 0 Å². The first-order chi connectivity index (χ1) is 8.05. The van der Waals surface area contributed by atoms with E-state index in [1.165, 1.54) is 10.7 Å². The minimum absolute atomic E-state index is 0.0185. The van der Waals surface area contributed by atoms with Crippen molar-refractivity contribution >= 4 is 22.4 Å². The van der Waals surface area contributed by atoms with Crippen LogP contribution in [0.15, 0.2) is 5.38 Å². The Morgan fingerprint density at radius 3 is 2.28 bits per heavy atom. The summed E-state index contributed by atoms with van der Waals surface area (Å²) in [5, 5.41) is 2.66. The van der Waals surface area contributed by atoms with E-state index in [1.54, 1.807) is 13.8 Å². The number of nitrogens with zero attached hydrogens (tertiary/aromatic N) is 1. The fourth-order valence-electron chi connectivity index (χ4n) is 0.913. The number of halogens is 5. The molecule has 9 heteroatoms. The van der Waals surface area contributed by atoms with Crippen molar-refractivity contribution < 1.29 is 26.7 Å². The van der Waals surface area contributed by atoms with E-state index in [-0.39, 0.29) is 11.0 Å². The van der Waals surface area contributed by atoms with Crippen LogP contribution in [0.1, 0.15) is 25.5 Å². The predicted molar refractivity (Wildman–Crippen MR) is 55.8 cm³/mol. The van der Waals surface area contributed by atoms with Gasteiger partial charge in [-0.05, 0) is 5.92 Å². The van der Waals surface area contributed by atoms with Crippen LogP contribution in [0.4, 0.5) is 27.1 Å². The predicted octanol–water partition coefficient (Wildman–Crippen LogP) is 3.40. The Morgan fingerprint density at radius 2 is 1.89 bits per heavy atom. The number of hydrogen-bond donors (Lipinski definition) is 1. The summed E-state index contributed by atoms with van der Waals surface area (Å²) >= 11 is 0.789. The summed E-state index contributed by atoms with van der Waals surface area (Å²) in [6, 6.07) is 0. The molecule has 0 saturated heterocycles. The molecule has 0 aliphatic rings. The van der Waals surface area contributed by atoms with Crippen molar-refractivity contribution in [2.45, 2.75) is 31.9 Å². The van der Waals surface area contributed by atoms with Gasteiger partial charge < -0.3 is 0 Å². The van der Waals surface area contributed by atoms with Crippen molar-refractivity contribution in [1.82, 2.24) is 4.98 Å². The second kappa shape index (κ2) is 4.79. The Kier molecular flexibility index (Phi) is 3.94. The van der Waals surface area contributed by atoms with Gasteiger partial charge in [0.15, 0.2) is 5.13 Å². The fourth-order valence-corrected chi connectivity index (χ4v) is 1.78. The highest BCUT2D eigenvalue weighted by molar-refractivity contribution is 7.13. The Balaban J connectivity index is 2.82. The van der Waals surface area contributed by atoms with Crippen molar-refractivity contribution in [3.8, 4) is 0 Å². The number of carbonyl (C=O) groups excluding carboxylic acids is 1. The van der Waals surface area contributed by atoms with Gasteiger partial charge in [-0.15, -0.1) is 11.3 Å². The van der Waals surface area contributed by atoms with Gasteiger partial charge in [0.05, 0.1) is 5.69 Å². The molecule has 0 atom stereocenters. The molecular weight excluding hydrogens is 279 g/mol. The van der Waals surface area contributed by atoms with Crippen LogP contribution in [0.25, 0.3) is 0 Å². The number of amides is 1. The lowest BCUT2D eigenvalue weighted by atomic mass is 10.2. The molecule has 0 bridgehead atoms. The Morgan fingerprint density at radius 1 is 1.33 bits per heavy atom. The monoisotopic (exact) mass is 288 g/mol. The zero-order chi connectivity index (χ0) is 14.1. The summed E-state index contributed by atoms with van der Waals surface area (Å²) in [5.41, 5.74) is 0.505. The molecule has 0 aliphatic carbocycles. The van der Waals surface area contributed by atoms with E-state index >= 15 is 0 Å². The Labute approximate surface area is 103 Å². The van der Waals surface area contributed by atoms with E-state index in [2.05, 4.69) is 4.98 Å². The average molecular weight is 288 g/mol. The second-order valence-corrected chi connectivity index (χ2v) is 4.62. The smallest absolute Gasteiger partial charge is 0.296 e. The van der Waals surface area contributed by atoms with Crippen LogP contribution in [-0.2, 0) is 4.79 Å². The SMILES string of the molecule is CC(C)c1csc(NC(=O)C(F)(F)C(F)(F)F)n1. The number of rotatable bonds is 3. The number of aromatic nitrogens is 1. The first-order valence-electron chi connectivity index (χ1n) is 4.77. The maximum absolute atomic E-state index is 12.6. The van der Waals surface area contributed by atoms with Crippen LogP contribution in [0.3, 0.4) is 0 Å². The van der Waals surface area contributed by atoms with Crippen LogP contribution in [0, 0.1) is 0 Å². The molecule has 0 aliphatic heterocycles. The lowest BCUT2D eigenvalue weighted by molar-refractivity contribution is -0.267. The van der Waals surface area contributed by atoms with Crippen molar-refractivity contribution in [3.63, 3.8) is 0 Å². The topological polar surface area (TPSA) is 42.0 Å². The quantitative estimate of drug-likeness (QED) is 0.866. The molecule has 1 heterocycles. The van der Waals surface area contributed by atoms with Gasteiger partial charge in [-0.3, -0.25) is 10.1 Å². The molecule has 1 amide bonds. The molecule has 0 aromatic carbocycles. The minimum Gasteiger partial charge on any atom is -0.296 e. The molecule has 0 radical (unpaired) electrons. The number of nitrogens with one attached hydrogen (secondary N) is 1. The molecule has 1 N–H and O–H groups in total.